The summed E-state index contributed by atoms with van der Waals surface area (Å²) in [6, 6.07) is 13.5. The van der Waals surface area contributed by atoms with Gasteiger partial charge in [-0.05, 0) is 56.3 Å². The summed E-state index contributed by atoms with van der Waals surface area (Å²) in [5.74, 6) is -0.275. The summed E-state index contributed by atoms with van der Waals surface area (Å²) in [5.41, 5.74) is 3.39. The number of rotatable bonds is 7. The van der Waals surface area contributed by atoms with Gasteiger partial charge in [-0.1, -0.05) is 11.6 Å². The van der Waals surface area contributed by atoms with E-state index in [0.717, 1.165) is 23.5 Å². The molecule has 2 aromatic carbocycles. The van der Waals surface area contributed by atoms with Gasteiger partial charge in [0.15, 0.2) is 11.3 Å². The molecule has 5 aromatic rings. The van der Waals surface area contributed by atoms with Crippen molar-refractivity contribution in [2.24, 2.45) is 0 Å². The highest BCUT2D eigenvalue weighted by Crippen LogP contribution is 2.30. The first-order valence-electron chi connectivity index (χ1n) is 11.6. The molecule has 0 saturated heterocycles. The third-order valence-electron chi connectivity index (χ3n) is 6.08. The first-order chi connectivity index (χ1) is 18.2. The molecule has 5 rings (SSSR count). The van der Waals surface area contributed by atoms with Crippen molar-refractivity contribution in [1.29, 1.82) is 0 Å². The van der Waals surface area contributed by atoms with E-state index in [2.05, 4.69) is 20.5 Å². The highest BCUT2D eigenvalue weighted by atomic mass is 35.5. The molecule has 10 nitrogen and oxygen atoms in total. The Hall–Kier alpha value is -4.22. The van der Waals surface area contributed by atoms with Crippen molar-refractivity contribution in [2.75, 3.05) is 12.4 Å². The number of aryl methyl sites for hydroxylation is 1. The van der Waals surface area contributed by atoms with Crippen molar-refractivity contribution >= 4 is 38.7 Å². The summed E-state index contributed by atoms with van der Waals surface area (Å²) >= 11 is 5.91. The molecule has 0 aliphatic heterocycles. The maximum absolute atomic E-state index is 13.2. The van der Waals surface area contributed by atoms with Gasteiger partial charge in [-0.2, -0.15) is 10.2 Å². The van der Waals surface area contributed by atoms with Crippen LogP contribution in [0.4, 0.5) is 5.69 Å². The van der Waals surface area contributed by atoms with E-state index in [1.165, 1.54) is 49.6 Å². The van der Waals surface area contributed by atoms with Crippen molar-refractivity contribution < 1.29 is 17.9 Å². The Morgan fingerprint density at radius 1 is 1.08 bits per heavy atom. The zero-order chi connectivity index (χ0) is 27.0. The molecule has 1 N–H and O–H groups in total. The van der Waals surface area contributed by atoms with Gasteiger partial charge in [-0.3, -0.25) is 9.48 Å². The summed E-state index contributed by atoms with van der Waals surface area (Å²) in [6.45, 7) is 4.70. The maximum atomic E-state index is 13.2. The minimum atomic E-state index is -3.90. The summed E-state index contributed by atoms with van der Waals surface area (Å²) in [5, 5.41) is 12.0. The number of amides is 1. The number of carbonyl (C=O) groups excluding carboxylic acids is 1. The minimum Gasteiger partial charge on any atom is -0.497 e. The van der Waals surface area contributed by atoms with Crippen molar-refractivity contribution in [2.45, 2.75) is 30.2 Å². The van der Waals surface area contributed by atoms with Gasteiger partial charge in [0.1, 0.15) is 5.75 Å². The van der Waals surface area contributed by atoms with Crippen molar-refractivity contribution in [3.63, 3.8) is 0 Å². The minimum absolute atomic E-state index is 0.0446. The van der Waals surface area contributed by atoms with Crippen LogP contribution in [0.1, 0.15) is 23.1 Å². The van der Waals surface area contributed by atoms with Crippen LogP contribution in [-0.2, 0) is 16.4 Å². The van der Waals surface area contributed by atoms with Crippen LogP contribution in [-0.4, -0.2) is 45.8 Å². The number of carbonyl (C=O) groups is 1. The molecule has 0 fully saturated rings. The number of anilines is 1. The van der Waals surface area contributed by atoms with Gasteiger partial charge < -0.3 is 10.1 Å². The molecular weight excluding hydrogens is 528 g/mol. The Balaban J connectivity index is 1.49. The van der Waals surface area contributed by atoms with E-state index >= 15 is 0 Å². The number of ether oxygens (including phenoxy) is 1. The fraction of sp³-hybridized carbons (Fsp3) is 0.154. The number of sulfone groups is 1. The molecule has 3 aromatic heterocycles. The van der Waals surface area contributed by atoms with Crippen LogP contribution < -0.4 is 10.1 Å². The Bertz CT molecular complexity index is 1780. The van der Waals surface area contributed by atoms with Crippen LogP contribution >= 0.6 is 11.6 Å². The van der Waals surface area contributed by atoms with Crippen molar-refractivity contribution in [3.05, 3.63) is 83.4 Å². The SMILES string of the molecule is CCn1ncc(-c2ccnc3cc(C(=O)Nc4cc(OC)cc(S(=O)(=O)c5ccc(Cl)cc5)c4)nn23)c1C. The van der Waals surface area contributed by atoms with E-state index in [0.29, 0.717) is 10.7 Å². The van der Waals surface area contributed by atoms with Gasteiger partial charge in [0.05, 0.1) is 28.8 Å². The largest absolute Gasteiger partial charge is 0.497 e. The van der Waals surface area contributed by atoms with Gasteiger partial charge in [-0.25, -0.2) is 17.9 Å². The molecule has 194 valence electrons. The smallest absolute Gasteiger partial charge is 0.276 e. The predicted octanol–water partition coefficient (Wildman–Crippen LogP) is 4.67. The van der Waals surface area contributed by atoms with E-state index in [-0.39, 0.29) is 26.9 Å². The third-order valence-corrected chi connectivity index (χ3v) is 8.08. The highest BCUT2D eigenvalue weighted by Gasteiger charge is 2.21. The van der Waals surface area contributed by atoms with Crippen LogP contribution in [0.2, 0.25) is 5.02 Å². The maximum Gasteiger partial charge on any atom is 0.276 e. The average Bonchev–Trinajstić information content (AvgIpc) is 3.52. The second-order valence-corrected chi connectivity index (χ2v) is 10.8. The molecule has 3 heterocycles. The lowest BCUT2D eigenvalue weighted by Crippen LogP contribution is -2.13. The number of benzene rings is 2. The van der Waals surface area contributed by atoms with E-state index in [9.17, 15) is 13.2 Å². The Morgan fingerprint density at radius 2 is 1.84 bits per heavy atom. The van der Waals surface area contributed by atoms with Gasteiger partial charge in [0.2, 0.25) is 9.84 Å². The summed E-state index contributed by atoms with van der Waals surface area (Å²) < 4.78 is 35.2. The van der Waals surface area contributed by atoms with Crippen LogP contribution in [0.15, 0.2) is 76.8 Å². The first kappa shape index (κ1) is 25.4. The lowest BCUT2D eigenvalue weighted by Gasteiger charge is -2.11. The molecule has 0 atom stereocenters. The zero-order valence-corrected chi connectivity index (χ0v) is 22.3. The summed E-state index contributed by atoms with van der Waals surface area (Å²) in [7, 11) is -2.49. The zero-order valence-electron chi connectivity index (χ0n) is 20.7. The number of fused-ring (bicyclic) bond motifs is 1. The standard InChI is InChI=1S/C26H23ClN6O4S/c1-4-32-16(2)22(15-29-32)24-9-10-28-25-14-23(31-33(24)25)26(34)30-18-11-19(37-3)13-21(12-18)38(35,36)20-7-5-17(27)6-8-20/h5-15H,4H2,1-3H3,(H,30,34). The molecule has 0 saturated carbocycles. The Kier molecular flexibility index (Phi) is 6.64. The highest BCUT2D eigenvalue weighted by molar-refractivity contribution is 7.91. The molecule has 0 aliphatic carbocycles. The Morgan fingerprint density at radius 3 is 2.53 bits per heavy atom. The molecule has 1 amide bonds. The summed E-state index contributed by atoms with van der Waals surface area (Å²) in [6.07, 6.45) is 3.40. The average molecular weight is 551 g/mol. The van der Waals surface area contributed by atoms with E-state index in [1.807, 2.05) is 24.6 Å². The van der Waals surface area contributed by atoms with Gasteiger partial charge in [-0.15, -0.1) is 0 Å². The fourth-order valence-corrected chi connectivity index (χ4v) is 5.53. The van der Waals surface area contributed by atoms with E-state index in [4.69, 9.17) is 16.3 Å². The molecular formula is C26H23ClN6O4S. The lowest BCUT2D eigenvalue weighted by molar-refractivity contribution is 0.102. The molecule has 0 unspecified atom stereocenters. The number of nitrogens with zero attached hydrogens (tertiary/aromatic N) is 5. The van der Waals surface area contributed by atoms with Gasteiger partial charge >= 0.3 is 0 Å². The van der Waals surface area contributed by atoms with Gasteiger partial charge in [0, 0.05) is 46.8 Å². The fourth-order valence-electron chi connectivity index (χ4n) is 4.09. The van der Waals surface area contributed by atoms with Crippen LogP contribution in [0, 0.1) is 6.92 Å². The molecule has 38 heavy (non-hydrogen) atoms. The van der Waals surface area contributed by atoms with Crippen LogP contribution in [0.3, 0.4) is 0 Å². The second kappa shape index (κ2) is 9.92. The number of nitrogens with one attached hydrogen (secondary N) is 1. The molecule has 12 heteroatoms. The molecule has 0 spiro atoms. The Labute approximate surface area is 223 Å². The van der Waals surface area contributed by atoms with Crippen LogP contribution in [0.5, 0.6) is 5.75 Å². The molecule has 0 bridgehead atoms. The number of aromatic nitrogens is 5. The van der Waals surface area contributed by atoms with Crippen LogP contribution in [0.25, 0.3) is 16.9 Å². The number of hydrogen-bond donors (Lipinski definition) is 1. The normalized spacial score (nSPS) is 11.6. The summed E-state index contributed by atoms with van der Waals surface area (Å²) in [4.78, 5) is 17.5. The van der Waals surface area contributed by atoms with Crippen molar-refractivity contribution in [3.8, 4) is 17.0 Å². The van der Waals surface area contributed by atoms with E-state index < -0.39 is 15.7 Å². The molecule has 0 radical (unpaired) electrons. The third kappa shape index (κ3) is 4.61. The predicted molar refractivity (Wildman–Crippen MR) is 142 cm³/mol. The number of halogens is 1. The topological polar surface area (TPSA) is 120 Å². The van der Waals surface area contributed by atoms with Crippen molar-refractivity contribution in [1.82, 2.24) is 24.4 Å². The first-order valence-corrected chi connectivity index (χ1v) is 13.5. The second-order valence-electron chi connectivity index (χ2n) is 8.40. The number of methoxy groups -OCH3 is 1. The number of hydrogen-bond acceptors (Lipinski definition) is 7. The quantitative estimate of drug-likeness (QED) is 0.312. The van der Waals surface area contributed by atoms with Gasteiger partial charge in [0.25, 0.3) is 5.91 Å². The lowest BCUT2D eigenvalue weighted by atomic mass is 10.2. The monoisotopic (exact) mass is 550 g/mol. The van der Waals surface area contributed by atoms with E-state index in [1.54, 1.807) is 23.0 Å². The molecule has 0 aliphatic rings.